The van der Waals surface area contributed by atoms with Crippen molar-refractivity contribution in [3.05, 3.63) is 29.8 Å². The molecule has 18 heavy (non-hydrogen) atoms. The first-order valence-corrected chi connectivity index (χ1v) is 7.67. The van der Waals surface area contributed by atoms with Gasteiger partial charge in [-0.1, -0.05) is 12.1 Å². The van der Waals surface area contributed by atoms with E-state index in [4.69, 9.17) is 14.8 Å². The molecule has 1 aromatic carbocycles. The molecule has 0 aromatic heterocycles. The van der Waals surface area contributed by atoms with Crippen LogP contribution in [-0.2, 0) is 18.8 Å². The zero-order valence-electron chi connectivity index (χ0n) is 11.5. The first-order valence-electron chi connectivity index (χ1n) is 6.12. The largest absolute Gasteiger partial charge is 0.399 e. The maximum absolute atomic E-state index is 12.8. The fourth-order valence-electron chi connectivity index (χ4n) is 1.75. The minimum atomic E-state index is -3.20. The molecule has 0 unspecified atom stereocenters. The van der Waals surface area contributed by atoms with Crippen LogP contribution in [0.25, 0.3) is 0 Å². The third-order valence-electron chi connectivity index (χ3n) is 2.90. The third-order valence-corrected chi connectivity index (χ3v) is 5.72. The van der Waals surface area contributed by atoms with Crippen LogP contribution in [0.4, 0.5) is 5.69 Å². The minimum Gasteiger partial charge on any atom is -0.399 e. The highest BCUT2D eigenvalue weighted by Gasteiger charge is 2.44. The second-order valence-corrected chi connectivity index (χ2v) is 7.14. The van der Waals surface area contributed by atoms with E-state index in [1.54, 1.807) is 12.1 Å². The maximum Gasteiger partial charge on any atom is 0.340 e. The van der Waals surface area contributed by atoms with Gasteiger partial charge in [-0.05, 0) is 45.4 Å². The van der Waals surface area contributed by atoms with Crippen molar-refractivity contribution in [1.82, 2.24) is 0 Å². The molecule has 0 radical (unpaired) electrons. The molecule has 1 rings (SSSR count). The van der Waals surface area contributed by atoms with Gasteiger partial charge in [-0.25, -0.2) is 0 Å². The van der Waals surface area contributed by atoms with Crippen molar-refractivity contribution >= 4 is 13.3 Å². The van der Waals surface area contributed by atoms with Gasteiger partial charge in [0, 0.05) is 5.69 Å². The highest BCUT2D eigenvalue weighted by Crippen LogP contribution is 2.64. The molecule has 0 aliphatic heterocycles. The normalized spacial score (nSPS) is 12.7. The van der Waals surface area contributed by atoms with Crippen molar-refractivity contribution in [1.29, 1.82) is 0 Å². The summed E-state index contributed by atoms with van der Waals surface area (Å²) in [5.41, 5.74) is 7.23. The van der Waals surface area contributed by atoms with Crippen LogP contribution in [0, 0.1) is 0 Å². The Bertz CT molecular complexity index is 418. The van der Waals surface area contributed by atoms with Gasteiger partial charge >= 0.3 is 7.60 Å². The van der Waals surface area contributed by atoms with Gasteiger partial charge in [0.15, 0.2) is 0 Å². The molecule has 0 heterocycles. The van der Waals surface area contributed by atoms with Crippen LogP contribution in [0.3, 0.4) is 0 Å². The van der Waals surface area contributed by atoms with Gasteiger partial charge in [-0.2, -0.15) is 0 Å². The third kappa shape index (κ3) is 2.94. The summed E-state index contributed by atoms with van der Waals surface area (Å²) in [4.78, 5) is 0. The topological polar surface area (TPSA) is 61.5 Å². The van der Waals surface area contributed by atoms with E-state index < -0.39 is 12.8 Å². The smallest absolute Gasteiger partial charge is 0.340 e. The fraction of sp³-hybridized carbons (Fsp3) is 0.538. The Kier molecular flexibility index (Phi) is 4.97. The summed E-state index contributed by atoms with van der Waals surface area (Å²) >= 11 is 0. The van der Waals surface area contributed by atoms with E-state index in [2.05, 4.69) is 0 Å². The van der Waals surface area contributed by atoms with Crippen molar-refractivity contribution in [3.63, 3.8) is 0 Å². The van der Waals surface area contributed by atoms with E-state index in [1.807, 2.05) is 39.8 Å². The molecule has 102 valence electrons. The van der Waals surface area contributed by atoms with Crippen molar-refractivity contribution in [3.8, 4) is 0 Å². The quantitative estimate of drug-likeness (QED) is 0.632. The number of benzene rings is 1. The number of hydrogen-bond donors (Lipinski definition) is 1. The Morgan fingerprint density at radius 3 is 1.94 bits per heavy atom. The molecule has 0 bridgehead atoms. The van der Waals surface area contributed by atoms with E-state index in [-0.39, 0.29) is 0 Å². The van der Waals surface area contributed by atoms with Crippen LogP contribution in [0.2, 0.25) is 0 Å². The van der Waals surface area contributed by atoms with Gasteiger partial charge in [0.1, 0.15) is 0 Å². The summed E-state index contributed by atoms with van der Waals surface area (Å²) in [6.07, 6.45) is 0. The zero-order chi connectivity index (χ0) is 13.8. The first-order chi connectivity index (χ1) is 8.37. The lowest BCUT2D eigenvalue weighted by Gasteiger charge is -2.33. The molecule has 0 saturated carbocycles. The van der Waals surface area contributed by atoms with E-state index in [1.165, 1.54) is 0 Å². The molecule has 1 aromatic rings. The summed E-state index contributed by atoms with van der Waals surface area (Å²) < 4.78 is 23.7. The van der Waals surface area contributed by atoms with E-state index in [0.29, 0.717) is 18.9 Å². The van der Waals surface area contributed by atoms with Crippen LogP contribution in [0.15, 0.2) is 24.3 Å². The highest BCUT2D eigenvalue weighted by molar-refractivity contribution is 7.55. The molecule has 0 saturated heterocycles. The molecule has 0 fully saturated rings. The molecule has 0 aliphatic rings. The van der Waals surface area contributed by atoms with Crippen molar-refractivity contribution < 1.29 is 13.6 Å². The lowest BCUT2D eigenvalue weighted by atomic mass is 10.0. The Balaban J connectivity index is 3.15. The summed E-state index contributed by atoms with van der Waals surface area (Å²) in [6, 6.07) is 7.30. The lowest BCUT2D eigenvalue weighted by molar-refractivity contribution is 0.201. The molecular weight excluding hydrogens is 249 g/mol. The number of nitrogens with two attached hydrogens (primary N) is 1. The van der Waals surface area contributed by atoms with Crippen LogP contribution in [-0.4, -0.2) is 13.2 Å². The second kappa shape index (κ2) is 5.87. The molecule has 0 spiro atoms. The van der Waals surface area contributed by atoms with E-state index >= 15 is 0 Å². The Morgan fingerprint density at radius 2 is 1.56 bits per heavy atom. The highest BCUT2D eigenvalue weighted by atomic mass is 31.2. The molecular formula is C13H22NO3P. The van der Waals surface area contributed by atoms with Crippen LogP contribution in [0.5, 0.6) is 0 Å². The van der Waals surface area contributed by atoms with Crippen molar-refractivity contribution in [2.75, 3.05) is 18.9 Å². The van der Waals surface area contributed by atoms with E-state index in [0.717, 1.165) is 5.56 Å². The lowest BCUT2D eigenvalue weighted by Crippen LogP contribution is -2.21. The van der Waals surface area contributed by atoms with Gasteiger partial charge < -0.3 is 14.8 Å². The SMILES string of the molecule is CCOP(=O)(OCC)C(C)(C)c1ccc(N)cc1. The summed E-state index contributed by atoms with van der Waals surface area (Å²) in [6.45, 7) is 8.07. The average molecular weight is 271 g/mol. The van der Waals surface area contributed by atoms with Gasteiger partial charge in [0.25, 0.3) is 0 Å². The predicted octanol–water partition coefficient (Wildman–Crippen LogP) is 3.77. The van der Waals surface area contributed by atoms with Gasteiger partial charge in [0.05, 0.1) is 18.4 Å². The molecule has 0 atom stereocenters. The molecule has 2 N–H and O–H groups in total. The molecule has 4 nitrogen and oxygen atoms in total. The fourth-order valence-corrected chi connectivity index (χ4v) is 3.61. The Morgan fingerprint density at radius 1 is 1.11 bits per heavy atom. The second-order valence-electron chi connectivity index (χ2n) is 4.51. The number of hydrogen-bond acceptors (Lipinski definition) is 4. The number of rotatable bonds is 6. The Hall–Kier alpha value is -0.830. The molecule has 0 amide bonds. The zero-order valence-corrected chi connectivity index (χ0v) is 12.4. The number of anilines is 1. The summed E-state index contributed by atoms with van der Waals surface area (Å²) in [7, 11) is -3.20. The van der Waals surface area contributed by atoms with Crippen molar-refractivity contribution in [2.24, 2.45) is 0 Å². The van der Waals surface area contributed by atoms with Crippen LogP contribution in [0.1, 0.15) is 33.3 Å². The van der Waals surface area contributed by atoms with Gasteiger partial charge in [0.2, 0.25) is 0 Å². The maximum atomic E-state index is 12.8. The first kappa shape index (κ1) is 15.2. The predicted molar refractivity (Wildman–Crippen MR) is 74.7 cm³/mol. The van der Waals surface area contributed by atoms with Gasteiger partial charge in [-0.3, -0.25) is 4.57 Å². The minimum absolute atomic E-state index is 0.357. The average Bonchev–Trinajstić information content (AvgIpc) is 2.30. The van der Waals surface area contributed by atoms with Gasteiger partial charge in [-0.15, -0.1) is 0 Å². The van der Waals surface area contributed by atoms with Crippen LogP contribution < -0.4 is 5.73 Å². The molecule has 5 heteroatoms. The van der Waals surface area contributed by atoms with Crippen molar-refractivity contribution in [2.45, 2.75) is 32.9 Å². The summed E-state index contributed by atoms with van der Waals surface area (Å²) in [5, 5.41) is -0.702. The van der Waals surface area contributed by atoms with Crippen LogP contribution >= 0.6 is 7.60 Å². The summed E-state index contributed by atoms with van der Waals surface area (Å²) in [5.74, 6) is 0. The standard InChI is InChI=1S/C13H22NO3P/c1-5-16-18(15,17-6-2)13(3,4)11-7-9-12(14)10-8-11/h7-10H,5-6,14H2,1-4H3. The monoisotopic (exact) mass is 271 g/mol. The Labute approximate surface area is 109 Å². The number of nitrogen functional groups attached to an aromatic ring is 1. The molecule has 0 aliphatic carbocycles. The van der Waals surface area contributed by atoms with E-state index in [9.17, 15) is 4.57 Å².